The van der Waals surface area contributed by atoms with Crippen LogP contribution in [-0.4, -0.2) is 74.4 Å². The zero-order valence-electron chi connectivity index (χ0n) is 23.9. The van der Waals surface area contributed by atoms with Crippen molar-refractivity contribution in [2.45, 2.75) is 64.6 Å². The van der Waals surface area contributed by atoms with E-state index >= 15 is 0 Å². The lowest BCUT2D eigenvalue weighted by Crippen LogP contribution is -2.68. The molecule has 1 unspecified atom stereocenters. The van der Waals surface area contributed by atoms with Gasteiger partial charge >= 0.3 is 11.9 Å². The Labute approximate surface area is 294 Å². The molecule has 0 aliphatic carbocycles. The van der Waals surface area contributed by atoms with Crippen molar-refractivity contribution in [3.05, 3.63) is 71.8 Å². The van der Waals surface area contributed by atoms with Crippen LogP contribution in [0.5, 0.6) is 0 Å². The maximum Gasteiger partial charge on any atom is 0.338 e. The maximum absolute atomic E-state index is 13.4. The van der Waals surface area contributed by atoms with Crippen LogP contribution in [0.4, 0.5) is 0 Å². The van der Waals surface area contributed by atoms with Crippen molar-refractivity contribution in [1.29, 1.82) is 5.41 Å². The second kappa shape index (κ2) is 17.2. The molecule has 1 amide bonds. The summed E-state index contributed by atoms with van der Waals surface area (Å²) in [6.07, 6.45) is -6.66. The van der Waals surface area contributed by atoms with Crippen molar-refractivity contribution in [3.63, 3.8) is 0 Å². The second-order valence-corrected chi connectivity index (χ2v) is 14.4. The standard InChI is InChI=1S/C29H28Cl6N2O9/c1-16(38)12-13-20(39)44-22-19(15-42-14-17-8-4-2-5-9-17)43-25(46-26(36)28(30,31)32)21(37-27(41)29(33,34)35)23(22)45-24(40)18-10-6-3-7-11-18/h2-11,19,21-23,25,36H,12-15H2,1H3,(H,37,41)/t19-,21-,22-,23-,25?/m1/s1. The zero-order valence-corrected chi connectivity index (χ0v) is 28.5. The first-order chi connectivity index (χ1) is 21.6. The van der Waals surface area contributed by atoms with Gasteiger partial charge in [-0.3, -0.25) is 15.0 Å². The molecule has 0 radical (unpaired) electrons. The first-order valence-electron chi connectivity index (χ1n) is 13.5. The van der Waals surface area contributed by atoms with Gasteiger partial charge in [0, 0.05) is 6.42 Å². The highest BCUT2D eigenvalue weighted by atomic mass is 35.6. The Hall–Kier alpha value is -2.35. The van der Waals surface area contributed by atoms with Gasteiger partial charge in [-0.05, 0) is 24.6 Å². The molecule has 46 heavy (non-hydrogen) atoms. The number of ketones is 1. The Kier molecular flexibility index (Phi) is 14.2. The molecule has 5 atom stereocenters. The number of ether oxygens (including phenoxy) is 5. The lowest BCUT2D eigenvalue weighted by Gasteiger charge is -2.45. The highest BCUT2D eigenvalue weighted by molar-refractivity contribution is 6.76. The summed E-state index contributed by atoms with van der Waals surface area (Å²) in [5.41, 5.74) is 0.879. The third kappa shape index (κ3) is 11.7. The number of hydrogen-bond donors (Lipinski definition) is 2. The molecule has 0 aromatic heterocycles. The number of rotatable bonds is 12. The Bertz CT molecular complexity index is 1370. The van der Waals surface area contributed by atoms with Crippen LogP contribution in [0.3, 0.4) is 0 Å². The highest BCUT2D eigenvalue weighted by Crippen LogP contribution is 2.34. The smallest absolute Gasteiger partial charge is 0.338 e. The van der Waals surface area contributed by atoms with E-state index in [0.717, 1.165) is 5.56 Å². The number of carbonyl (C=O) groups is 4. The SMILES string of the molecule is CC(=O)CCC(=O)O[C@H]1[C@H](OC(=O)c2ccccc2)[C@@H](NC(=O)C(Cl)(Cl)Cl)C(OC(=N)C(Cl)(Cl)Cl)O[C@@H]1COCc1ccccc1. The van der Waals surface area contributed by atoms with Gasteiger partial charge in [-0.1, -0.05) is 118 Å². The van der Waals surface area contributed by atoms with Gasteiger partial charge in [-0.15, -0.1) is 0 Å². The number of esters is 2. The number of benzene rings is 2. The van der Waals surface area contributed by atoms with E-state index in [1.54, 1.807) is 30.3 Å². The predicted molar refractivity (Wildman–Crippen MR) is 172 cm³/mol. The molecule has 1 fully saturated rings. The summed E-state index contributed by atoms with van der Waals surface area (Å²) in [6.45, 7) is 1.08. The van der Waals surface area contributed by atoms with Gasteiger partial charge in [-0.2, -0.15) is 0 Å². The van der Waals surface area contributed by atoms with Gasteiger partial charge in [0.2, 0.25) is 12.2 Å². The minimum atomic E-state index is -2.54. The molecule has 2 aromatic carbocycles. The number of amides is 1. The molecule has 2 N–H and O–H groups in total. The summed E-state index contributed by atoms with van der Waals surface area (Å²) in [5, 5.41) is 10.5. The zero-order chi connectivity index (χ0) is 34.1. The lowest BCUT2D eigenvalue weighted by atomic mass is 9.95. The van der Waals surface area contributed by atoms with Gasteiger partial charge in [0.15, 0.2) is 12.2 Å². The predicted octanol–water partition coefficient (Wildman–Crippen LogP) is 5.65. The van der Waals surface area contributed by atoms with Gasteiger partial charge in [0.1, 0.15) is 17.9 Å². The fourth-order valence-electron chi connectivity index (χ4n) is 4.11. The second-order valence-electron chi connectivity index (χ2n) is 9.88. The number of carbonyl (C=O) groups excluding carboxylic acids is 4. The minimum absolute atomic E-state index is 0.0864. The van der Waals surface area contributed by atoms with Crippen LogP contribution < -0.4 is 5.32 Å². The Morgan fingerprint density at radius 2 is 1.43 bits per heavy atom. The van der Waals surface area contributed by atoms with E-state index in [1.807, 2.05) is 18.2 Å². The van der Waals surface area contributed by atoms with Crippen molar-refractivity contribution in [1.82, 2.24) is 5.32 Å². The van der Waals surface area contributed by atoms with Gasteiger partial charge < -0.3 is 33.8 Å². The first-order valence-corrected chi connectivity index (χ1v) is 15.7. The summed E-state index contributed by atoms with van der Waals surface area (Å²) in [6, 6.07) is 15.1. The average molecular weight is 761 g/mol. The van der Waals surface area contributed by atoms with Crippen LogP contribution >= 0.6 is 69.6 Å². The average Bonchev–Trinajstić information content (AvgIpc) is 2.99. The Morgan fingerprint density at radius 1 is 0.826 bits per heavy atom. The summed E-state index contributed by atoms with van der Waals surface area (Å²) >= 11 is 35.0. The molecule has 0 spiro atoms. The molecule has 250 valence electrons. The van der Waals surface area contributed by atoms with Gasteiger partial charge in [0.25, 0.3) is 13.5 Å². The van der Waals surface area contributed by atoms with Crippen LogP contribution in [0.1, 0.15) is 35.7 Å². The molecule has 1 aliphatic rings. The molecule has 0 bridgehead atoms. The number of halogens is 6. The molecule has 0 saturated carbocycles. The van der Waals surface area contributed by atoms with E-state index in [0.29, 0.717) is 0 Å². The topological polar surface area (TPSA) is 150 Å². The van der Waals surface area contributed by atoms with Crippen molar-refractivity contribution in [2.75, 3.05) is 6.61 Å². The highest BCUT2D eigenvalue weighted by Gasteiger charge is 2.54. The number of nitrogens with one attached hydrogen (secondary N) is 2. The minimum Gasteiger partial charge on any atom is -0.455 e. The molecule has 1 aliphatic heterocycles. The van der Waals surface area contributed by atoms with Crippen LogP contribution in [0.15, 0.2) is 60.7 Å². The molecular formula is C29H28Cl6N2O9. The van der Waals surface area contributed by atoms with Gasteiger partial charge in [-0.25, -0.2) is 4.79 Å². The van der Waals surface area contributed by atoms with Gasteiger partial charge in [0.05, 0.1) is 25.2 Å². The van der Waals surface area contributed by atoms with Crippen molar-refractivity contribution in [3.8, 4) is 0 Å². The van der Waals surface area contributed by atoms with Crippen LogP contribution in [0.25, 0.3) is 0 Å². The normalized spacial score (nSPS) is 21.5. The van der Waals surface area contributed by atoms with Crippen LogP contribution in [0.2, 0.25) is 0 Å². The molecule has 1 saturated heterocycles. The summed E-state index contributed by atoms with van der Waals surface area (Å²) < 4.78 is 24.0. The molecule has 11 nitrogen and oxygen atoms in total. The first kappa shape index (κ1) is 38.1. The molecular weight excluding hydrogens is 733 g/mol. The van der Waals surface area contributed by atoms with E-state index < -0.39 is 62.0 Å². The summed E-state index contributed by atoms with van der Waals surface area (Å²) in [5.74, 6) is -4.22. The number of alkyl halides is 6. The number of Topliss-reactive ketones (excluding diaryl/α,β-unsaturated/α-hetero) is 1. The number of hydrogen-bond acceptors (Lipinski definition) is 10. The molecule has 17 heteroatoms. The van der Waals surface area contributed by atoms with E-state index in [4.69, 9.17) is 98.7 Å². The van der Waals surface area contributed by atoms with Crippen molar-refractivity contribution >= 4 is 99.1 Å². The molecule has 1 heterocycles. The largest absolute Gasteiger partial charge is 0.455 e. The van der Waals surface area contributed by atoms with Crippen molar-refractivity contribution < 1.29 is 42.9 Å². The third-order valence-corrected chi connectivity index (χ3v) is 7.32. The van der Waals surface area contributed by atoms with Crippen molar-refractivity contribution in [2.24, 2.45) is 0 Å². The van der Waals surface area contributed by atoms with Crippen LogP contribution in [-0.2, 0) is 44.7 Å². The molecule has 3 rings (SSSR count). The summed E-state index contributed by atoms with van der Waals surface area (Å²) in [7, 11) is 0. The Morgan fingerprint density at radius 3 is 2.00 bits per heavy atom. The van der Waals surface area contributed by atoms with E-state index in [9.17, 15) is 19.2 Å². The quantitative estimate of drug-likeness (QED) is 0.121. The summed E-state index contributed by atoms with van der Waals surface area (Å²) in [4.78, 5) is 50.8. The van der Waals surface area contributed by atoms with Crippen LogP contribution in [0, 0.1) is 5.41 Å². The monoisotopic (exact) mass is 758 g/mol. The van der Waals surface area contributed by atoms with E-state index in [2.05, 4.69) is 5.32 Å². The fraction of sp³-hybridized carbons (Fsp3) is 0.414. The Balaban J connectivity index is 2.07. The van der Waals surface area contributed by atoms with E-state index in [-0.39, 0.29) is 37.4 Å². The third-order valence-electron chi connectivity index (χ3n) is 6.29. The fourth-order valence-corrected chi connectivity index (χ4v) is 4.41. The van der Waals surface area contributed by atoms with E-state index in [1.165, 1.54) is 19.1 Å². The lowest BCUT2D eigenvalue weighted by molar-refractivity contribution is -0.258. The molecule has 2 aromatic rings. The maximum atomic E-state index is 13.4.